The zero-order valence-corrected chi connectivity index (χ0v) is 12.6. The summed E-state index contributed by atoms with van der Waals surface area (Å²) in [5.74, 6) is -0.0250. The first-order valence-corrected chi connectivity index (χ1v) is 7.68. The highest BCUT2D eigenvalue weighted by Gasteiger charge is 2.09. The second-order valence-electron chi connectivity index (χ2n) is 5.46. The van der Waals surface area contributed by atoms with Gasteiger partial charge >= 0.3 is 0 Å². The van der Waals surface area contributed by atoms with Gasteiger partial charge in [-0.15, -0.1) is 0 Å². The van der Waals surface area contributed by atoms with Gasteiger partial charge in [0.1, 0.15) is 6.61 Å². The number of nitrogens with zero attached hydrogens (tertiary/aromatic N) is 1. The largest absolute Gasteiger partial charge is 0.489 e. The lowest BCUT2D eigenvalue weighted by Crippen LogP contribution is -2.08. The van der Waals surface area contributed by atoms with Gasteiger partial charge in [-0.3, -0.25) is 0 Å². The molecule has 2 nitrogen and oxygen atoms in total. The van der Waals surface area contributed by atoms with Crippen molar-refractivity contribution in [2.45, 2.75) is 6.54 Å². The second kappa shape index (κ2) is 5.76. The van der Waals surface area contributed by atoms with Crippen molar-refractivity contribution < 1.29 is 9.13 Å². The molecule has 1 heterocycles. The molecule has 0 N–H and O–H groups in total. The zero-order valence-electron chi connectivity index (χ0n) is 12.6. The van der Waals surface area contributed by atoms with Gasteiger partial charge in [-0.25, -0.2) is 4.39 Å². The summed E-state index contributed by atoms with van der Waals surface area (Å²) in [5.41, 5.74) is 2.34. The van der Waals surface area contributed by atoms with Gasteiger partial charge in [-0.05, 0) is 24.3 Å². The van der Waals surface area contributed by atoms with Crippen LogP contribution in [0.15, 0.2) is 72.8 Å². The van der Waals surface area contributed by atoms with Crippen molar-refractivity contribution in [3.05, 3.63) is 78.6 Å². The summed E-state index contributed by atoms with van der Waals surface area (Å²) in [7, 11) is 0. The Labute approximate surface area is 133 Å². The van der Waals surface area contributed by atoms with Gasteiger partial charge in [0, 0.05) is 21.8 Å². The van der Waals surface area contributed by atoms with Crippen LogP contribution in [0.2, 0.25) is 0 Å². The van der Waals surface area contributed by atoms with Gasteiger partial charge in [0.25, 0.3) is 0 Å². The Balaban J connectivity index is 1.67. The fourth-order valence-electron chi connectivity index (χ4n) is 3.05. The summed E-state index contributed by atoms with van der Waals surface area (Å²) < 4.78 is 21.5. The quantitative estimate of drug-likeness (QED) is 0.517. The molecular weight excluding hydrogens is 289 g/mol. The molecule has 0 unspecified atom stereocenters. The molecule has 3 heteroatoms. The van der Waals surface area contributed by atoms with Crippen LogP contribution in [0.4, 0.5) is 4.39 Å². The van der Waals surface area contributed by atoms with Crippen LogP contribution in [-0.2, 0) is 6.54 Å². The molecule has 0 aliphatic heterocycles. The molecule has 0 amide bonds. The van der Waals surface area contributed by atoms with Gasteiger partial charge in [0.15, 0.2) is 11.6 Å². The van der Waals surface area contributed by atoms with Gasteiger partial charge in [0.05, 0.1) is 6.54 Å². The summed E-state index contributed by atoms with van der Waals surface area (Å²) in [6, 6.07) is 23.2. The topological polar surface area (TPSA) is 14.2 Å². The van der Waals surface area contributed by atoms with Crippen molar-refractivity contribution in [1.29, 1.82) is 0 Å². The lowest BCUT2D eigenvalue weighted by atomic mass is 10.2. The fourth-order valence-corrected chi connectivity index (χ4v) is 3.05. The molecular formula is C20H16FNO. The molecule has 4 rings (SSSR count). The normalized spacial score (nSPS) is 11.2. The van der Waals surface area contributed by atoms with Crippen molar-refractivity contribution >= 4 is 21.8 Å². The lowest BCUT2D eigenvalue weighted by molar-refractivity contribution is 0.288. The van der Waals surface area contributed by atoms with Crippen LogP contribution in [0.1, 0.15) is 0 Å². The van der Waals surface area contributed by atoms with E-state index in [0.717, 1.165) is 0 Å². The van der Waals surface area contributed by atoms with Gasteiger partial charge in [-0.1, -0.05) is 48.5 Å². The smallest absolute Gasteiger partial charge is 0.165 e. The van der Waals surface area contributed by atoms with E-state index in [1.165, 1.54) is 27.9 Å². The number of rotatable bonds is 4. The third-order valence-corrected chi connectivity index (χ3v) is 4.09. The molecule has 114 valence electrons. The van der Waals surface area contributed by atoms with E-state index in [1.54, 1.807) is 18.2 Å². The third kappa shape index (κ3) is 2.44. The third-order valence-electron chi connectivity index (χ3n) is 4.09. The first kappa shape index (κ1) is 13.8. The highest BCUT2D eigenvalue weighted by Crippen LogP contribution is 2.28. The average molecular weight is 305 g/mol. The molecule has 0 bridgehead atoms. The average Bonchev–Trinajstić information content (AvgIpc) is 2.91. The Morgan fingerprint density at radius 2 is 1.30 bits per heavy atom. The van der Waals surface area contributed by atoms with E-state index in [4.69, 9.17) is 4.74 Å². The molecule has 0 atom stereocenters. The molecule has 0 saturated heterocycles. The predicted molar refractivity (Wildman–Crippen MR) is 91.3 cm³/mol. The van der Waals surface area contributed by atoms with Gasteiger partial charge in [-0.2, -0.15) is 0 Å². The van der Waals surface area contributed by atoms with Crippen molar-refractivity contribution in [3.63, 3.8) is 0 Å². The predicted octanol–water partition coefficient (Wildman–Crippen LogP) is 5.01. The molecule has 0 saturated carbocycles. The molecule has 0 radical (unpaired) electrons. The number of aromatic nitrogens is 1. The molecule has 1 aromatic heterocycles. The SMILES string of the molecule is Fc1ccccc1OCCn1c2ccccc2c2ccccc21. The summed E-state index contributed by atoms with van der Waals surface area (Å²) in [6.45, 7) is 1.09. The number of para-hydroxylation sites is 3. The van der Waals surface area contributed by atoms with Crippen molar-refractivity contribution in [2.75, 3.05) is 6.61 Å². The number of hydrogen-bond donors (Lipinski definition) is 0. The minimum Gasteiger partial charge on any atom is -0.489 e. The Morgan fingerprint density at radius 1 is 0.739 bits per heavy atom. The molecule has 23 heavy (non-hydrogen) atoms. The number of ether oxygens (including phenoxy) is 1. The molecule has 4 aromatic rings. The van der Waals surface area contributed by atoms with E-state index < -0.39 is 0 Å². The van der Waals surface area contributed by atoms with E-state index in [2.05, 4.69) is 41.0 Å². The van der Waals surface area contributed by atoms with Crippen molar-refractivity contribution in [3.8, 4) is 5.75 Å². The standard InChI is InChI=1S/C20H16FNO/c21-17-9-3-6-12-20(17)23-14-13-22-18-10-4-1-7-15(18)16-8-2-5-11-19(16)22/h1-12H,13-14H2. The maximum Gasteiger partial charge on any atom is 0.165 e. The second-order valence-corrected chi connectivity index (χ2v) is 5.46. The summed E-state index contributed by atoms with van der Waals surface area (Å²) in [6.07, 6.45) is 0. The van der Waals surface area contributed by atoms with Gasteiger partial charge < -0.3 is 9.30 Å². The van der Waals surface area contributed by atoms with Crippen molar-refractivity contribution in [2.24, 2.45) is 0 Å². The van der Waals surface area contributed by atoms with E-state index in [1.807, 2.05) is 12.1 Å². The minimum absolute atomic E-state index is 0.299. The molecule has 0 aliphatic rings. The highest BCUT2D eigenvalue weighted by atomic mass is 19.1. The van der Waals surface area contributed by atoms with E-state index >= 15 is 0 Å². The first-order valence-electron chi connectivity index (χ1n) is 7.68. The minimum atomic E-state index is -0.324. The number of hydrogen-bond acceptors (Lipinski definition) is 1. The van der Waals surface area contributed by atoms with Crippen LogP contribution < -0.4 is 4.74 Å². The molecule has 0 fully saturated rings. The Hall–Kier alpha value is -2.81. The Morgan fingerprint density at radius 3 is 1.96 bits per heavy atom. The summed E-state index contributed by atoms with van der Waals surface area (Å²) >= 11 is 0. The van der Waals surface area contributed by atoms with Gasteiger partial charge in [0.2, 0.25) is 0 Å². The van der Waals surface area contributed by atoms with E-state index in [9.17, 15) is 4.39 Å². The van der Waals surface area contributed by atoms with Crippen LogP contribution in [-0.4, -0.2) is 11.2 Å². The zero-order chi connectivity index (χ0) is 15.6. The molecule has 0 aliphatic carbocycles. The molecule has 0 spiro atoms. The Kier molecular flexibility index (Phi) is 3.46. The lowest BCUT2D eigenvalue weighted by Gasteiger charge is -2.10. The van der Waals surface area contributed by atoms with Crippen LogP contribution in [0, 0.1) is 5.82 Å². The van der Waals surface area contributed by atoms with Crippen LogP contribution >= 0.6 is 0 Å². The first-order chi connectivity index (χ1) is 11.3. The fraction of sp³-hybridized carbons (Fsp3) is 0.100. The molecule has 3 aromatic carbocycles. The van der Waals surface area contributed by atoms with E-state index in [0.29, 0.717) is 18.9 Å². The summed E-state index contributed by atoms with van der Waals surface area (Å²) in [4.78, 5) is 0. The maximum absolute atomic E-state index is 13.6. The van der Waals surface area contributed by atoms with E-state index in [-0.39, 0.29) is 5.82 Å². The van der Waals surface area contributed by atoms with Crippen LogP contribution in [0.3, 0.4) is 0 Å². The number of benzene rings is 3. The highest BCUT2D eigenvalue weighted by molar-refractivity contribution is 6.07. The Bertz CT molecular complexity index is 920. The van der Waals surface area contributed by atoms with Crippen LogP contribution in [0.25, 0.3) is 21.8 Å². The number of fused-ring (bicyclic) bond motifs is 3. The summed E-state index contributed by atoms with van der Waals surface area (Å²) in [5, 5.41) is 2.46. The van der Waals surface area contributed by atoms with Crippen molar-refractivity contribution in [1.82, 2.24) is 4.57 Å². The monoisotopic (exact) mass is 305 g/mol. The maximum atomic E-state index is 13.6. The van der Waals surface area contributed by atoms with Crippen LogP contribution in [0.5, 0.6) is 5.75 Å². The number of halogens is 1.